The normalized spacial score (nSPS) is 29.6. The minimum absolute atomic E-state index is 0.233. The summed E-state index contributed by atoms with van der Waals surface area (Å²) in [6.07, 6.45) is 1.62. The van der Waals surface area contributed by atoms with Gasteiger partial charge in [0, 0.05) is 36.6 Å². The Balaban J connectivity index is 1.44. The van der Waals surface area contributed by atoms with Crippen molar-refractivity contribution in [2.45, 2.75) is 32.4 Å². The number of hydrogen-bond donors (Lipinski definition) is 1. The Kier molecular flexibility index (Phi) is 4.09. The molecule has 1 aliphatic carbocycles. The molecule has 0 bridgehead atoms. The second-order valence-electron chi connectivity index (χ2n) is 6.52. The van der Waals surface area contributed by atoms with Gasteiger partial charge in [0.25, 0.3) is 0 Å². The number of rotatable bonds is 6. The smallest absolute Gasteiger partial charge is 0.123 e. The molecule has 0 aromatic heterocycles. The molecule has 2 fully saturated rings. The Labute approximate surface area is 126 Å². The lowest BCUT2D eigenvalue weighted by molar-refractivity contribution is -0.112. The van der Waals surface area contributed by atoms with E-state index in [9.17, 15) is 0 Å². The SMILES string of the molecule is COc1cccc(OCCN[C@@H]2[C@H]3CCO[C@H]3C2(C)C)c1. The minimum atomic E-state index is 0.233. The van der Waals surface area contributed by atoms with E-state index >= 15 is 0 Å². The number of methoxy groups -OCH3 is 1. The summed E-state index contributed by atoms with van der Waals surface area (Å²) in [6, 6.07) is 8.27. The van der Waals surface area contributed by atoms with Gasteiger partial charge in [-0.15, -0.1) is 0 Å². The van der Waals surface area contributed by atoms with E-state index < -0.39 is 0 Å². The summed E-state index contributed by atoms with van der Waals surface area (Å²) in [6.45, 7) is 7.02. The van der Waals surface area contributed by atoms with Crippen molar-refractivity contribution in [1.82, 2.24) is 5.32 Å². The van der Waals surface area contributed by atoms with E-state index in [0.717, 1.165) is 24.7 Å². The Morgan fingerprint density at radius 1 is 1.33 bits per heavy atom. The van der Waals surface area contributed by atoms with Gasteiger partial charge in [-0.05, 0) is 18.6 Å². The second kappa shape index (κ2) is 5.85. The highest BCUT2D eigenvalue weighted by Crippen LogP contribution is 2.51. The van der Waals surface area contributed by atoms with E-state index in [4.69, 9.17) is 14.2 Å². The van der Waals surface area contributed by atoms with Gasteiger partial charge in [-0.3, -0.25) is 0 Å². The van der Waals surface area contributed by atoms with E-state index in [2.05, 4.69) is 19.2 Å². The van der Waals surface area contributed by atoms with Gasteiger partial charge >= 0.3 is 0 Å². The molecule has 0 radical (unpaired) electrons. The van der Waals surface area contributed by atoms with Gasteiger partial charge in [0.2, 0.25) is 0 Å². The van der Waals surface area contributed by atoms with Crippen LogP contribution in [0.5, 0.6) is 11.5 Å². The summed E-state index contributed by atoms with van der Waals surface area (Å²) < 4.78 is 16.8. The monoisotopic (exact) mass is 291 g/mol. The fourth-order valence-electron chi connectivity index (χ4n) is 3.81. The molecule has 116 valence electrons. The number of benzene rings is 1. The van der Waals surface area contributed by atoms with Crippen LogP contribution in [0.4, 0.5) is 0 Å². The number of fused-ring (bicyclic) bond motifs is 1. The van der Waals surface area contributed by atoms with Crippen LogP contribution < -0.4 is 14.8 Å². The first kappa shape index (κ1) is 14.7. The van der Waals surface area contributed by atoms with Crippen LogP contribution in [0, 0.1) is 11.3 Å². The summed E-state index contributed by atoms with van der Waals surface area (Å²) >= 11 is 0. The van der Waals surface area contributed by atoms with Crippen molar-refractivity contribution in [3.05, 3.63) is 24.3 Å². The molecule has 3 rings (SSSR count). The Hall–Kier alpha value is -1.26. The van der Waals surface area contributed by atoms with E-state index in [0.29, 0.717) is 24.7 Å². The van der Waals surface area contributed by atoms with Gasteiger partial charge in [-0.1, -0.05) is 19.9 Å². The first-order valence-electron chi connectivity index (χ1n) is 7.75. The average molecular weight is 291 g/mol. The van der Waals surface area contributed by atoms with Gasteiger partial charge < -0.3 is 19.5 Å². The molecule has 1 saturated carbocycles. The molecule has 1 heterocycles. The molecule has 3 atom stereocenters. The summed E-state index contributed by atoms with van der Waals surface area (Å²) in [5.41, 5.74) is 0.233. The third-order valence-corrected chi connectivity index (χ3v) is 4.88. The second-order valence-corrected chi connectivity index (χ2v) is 6.52. The zero-order valence-corrected chi connectivity index (χ0v) is 13.1. The van der Waals surface area contributed by atoms with Crippen molar-refractivity contribution in [2.24, 2.45) is 11.3 Å². The summed E-state index contributed by atoms with van der Waals surface area (Å²) in [5.74, 6) is 2.36. The van der Waals surface area contributed by atoms with Crippen LogP contribution in [0.2, 0.25) is 0 Å². The zero-order chi connectivity index (χ0) is 14.9. The van der Waals surface area contributed by atoms with Crippen LogP contribution in [-0.4, -0.2) is 39.0 Å². The number of nitrogens with one attached hydrogen (secondary N) is 1. The first-order valence-corrected chi connectivity index (χ1v) is 7.75. The van der Waals surface area contributed by atoms with Crippen molar-refractivity contribution in [1.29, 1.82) is 0 Å². The minimum Gasteiger partial charge on any atom is -0.497 e. The fourth-order valence-corrected chi connectivity index (χ4v) is 3.81. The molecular weight excluding hydrogens is 266 g/mol. The lowest BCUT2D eigenvalue weighted by Gasteiger charge is -2.55. The zero-order valence-electron chi connectivity index (χ0n) is 13.1. The number of ether oxygens (including phenoxy) is 3. The molecule has 1 aliphatic heterocycles. The summed E-state index contributed by atoms with van der Waals surface area (Å²) in [4.78, 5) is 0. The molecule has 0 amide bonds. The third-order valence-electron chi connectivity index (χ3n) is 4.88. The molecule has 21 heavy (non-hydrogen) atoms. The summed E-state index contributed by atoms with van der Waals surface area (Å²) in [7, 11) is 1.67. The van der Waals surface area contributed by atoms with Crippen molar-refractivity contribution in [3.8, 4) is 11.5 Å². The molecule has 1 aromatic rings. The van der Waals surface area contributed by atoms with Crippen LogP contribution >= 0.6 is 0 Å². The topological polar surface area (TPSA) is 39.7 Å². The van der Waals surface area contributed by atoms with Crippen molar-refractivity contribution in [2.75, 3.05) is 26.9 Å². The third kappa shape index (κ3) is 2.74. The van der Waals surface area contributed by atoms with Gasteiger partial charge in [0.05, 0.1) is 13.2 Å². The molecule has 1 saturated heterocycles. The van der Waals surface area contributed by atoms with Gasteiger partial charge in [0.15, 0.2) is 0 Å². The predicted octanol–water partition coefficient (Wildman–Crippen LogP) is 2.48. The van der Waals surface area contributed by atoms with Crippen LogP contribution in [0.3, 0.4) is 0 Å². The van der Waals surface area contributed by atoms with Crippen LogP contribution in [-0.2, 0) is 4.74 Å². The van der Waals surface area contributed by atoms with Gasteiger partial charge in [-0.2, -0.15) is 0 Å². The maximum atomic E-state index is 5.81. The average Bonchev–Trinajstić information content (AvgIpc) is 2.94. The molecular formula is C17H25NO3. The Morgan fingerprint density at radius 3 is 2.95 bits per heavy atom. The maximum Gasteiger partial charge on any atom is 0.123 e. The molecule has 1 aromatic carbocycles. The van der Waals surface area contributed by atoms with E-state index in [1.165, 1.54) is 6.42 Å². The lowest BCUT2D eigenvalue weighted by atomic mass is 9.57. The van der Waals surface area contributed by atoms with Crippen molar-refractivity contribution in [3.63, 3.8) is 0 Å². The van der Waals surface area contributed by atoms with Gasteiger partial charge in [0.1, 0.15) is 18.1 Å². The first-order chi connectivity index (χ1) is 10.1. The van der Waals surface area contributed by atoms with E-state index in [1.807, 2.05) is 24.3 Å². The highest BCUT2D eigenvalue weighted by molar-refractivity contribution is 5.32. The van der Waals surface area contributed by atoms with Crippen molar-refractivity contribution < 1.29 is 14.2 Å². The highest BCUT2D eigenvalue weighted by atomic mass is 16.5. The number of hydrogen-bond acceptors (Lipinski definition) is 4. The fraction of sp³-hybridized carbons (Fsp3) is 0.647. The molecule has 4 nitrogen and oxygen atoms in total. The predicted molar refractivity (Wildman–Crippen MR) is 81.9 cm³/mol. The Morgan fingerprint density at radius 2 is 2.14 bits per heavy atom. The quantitative estimate of drug-likeness (QED) is 0.817. The maximum absolute atomic E-state index is 5.81. The summed E-state index contributed by atoms with van der Waals surface area (Å²) in [5, 5.41) is 3.64. The van der Waals surface area contributed by atoms with Crippen LogP contribution in [0.25, 0.3) is 0 Å². The highest BCUT2D eigenvalue weighted by Gasteiger charge is 2.58. The lowest BCUT2D eigenvalue weighted by Crippen LogP contribution is -2.66. The van der Waals surface area contributed by atoms with Gasteiger partial charge in [-0.25, -0.2) is 0 Å². The van der Waals surface area contributed by atoms with Crippen LogP contribution in [0.15, 0.2) is 24.3 Å². The standard InChI is InChI=1S/C17H25NO3/c1-17(2)15(14-7-9-21-16(14)17)18-8-10-20-13-6-4-5-12(11-13)19-3/h4-6,11,14-16,18H,7-10H2,1-3H3/t14-,15-,16-/m1/s1. The molecule has 2 aliphatic rings. The van der Waals surface area contributed by atoms with E-state index in [-0.39, 0.29) is 5.41 Å². The Bertz CT molecular complexity index is 489. The molecule has 1 N–H and O–H groups in total. The molecule has 0 spiro atoms. The molecule has 0 unspecified atom stereocenters. The van der Waals surface area contributed by atoms with Crippen molar-refractivity contribution >= 4 is 0 Å². The van der Waals surface area contributed by atoms with Crippen LogP contribution in [0.1, 0.15) is 20.3 Å². The largest absolute Gasteiger partial charge is 0.497 e. The van der Waals surface area contributed by atoms with E-state index in [1.54, 1.807) is 7.11 Å². The molecule has 4 heteroatoms.